The number of nitrogen functional groups attached to an aromatic ring is 1. The molecule has 0 saturated carbocycles. The zero-order valence-electron chi connectivity index (χ0n) is 20.7. The molecule has 0 fully saturated rings. The number of para-hydroxylation sites is 2. The zero-order valence-corrected chi connectivity index (χ0v) is 20.7. The molecule has 4 N–H and O–H groups in total. The Kier molecular flexibility index (Phi) is 6.19. The first-order valence-electron chi connectivity index (χ1n) is 11.8. The summed E-state index contributed by atoms with van der Waals surface area (Å²) in [6, 6.07) is 18.1. The van der Waals surface area contributed by atoms with Gasteiger partial charge in [-0.2, -0.15) is 9.78 Å². The van der Waals surface area contributed by atoms with Gasteiger partial charge in [-0.3, -0.25) is 4.79 Å². The van der Waals surface area contributed by atoms with E-state index in [0.717, 1.165) is 11.1 Å². The maximum atomic E-state index is 13.5. The number of anilines is 2. The number of nitrogens with zero attached hydrogens (tertiary/aromatic N) is 4. The van der Waals surface area contributed by atoms with Gasteiger partial charge in [0, 0.05) is 5.69 Å². The molecule has 3 aromatic carbocycles. The smallest absolute Gasteiger partial charge is 0.261 e. The largest absolute Gasteiger partial charge is 0.504 e. The Morgan fingerprint density at radius 3 is 2.62 bits per heavy atom. The van der Waals surface area contributed by atoms with Gasteiger partial charge in [-0.05, 0) is 73.9 Å². The number of hydrogen-bond donors (Lipinski definition) is 3. The number of benzene rings is 3. The van der Waals surface area contributed by atoms with Crippen LogP contribution in [0.25, 0.3) is 22.2 Å². The Bertz CT molecular complexity index is 1690. The number of fused-ring (bicyclic) bond motifs is 2. The Morgan fingerprint density at radius 2 is 1.86 bits per heavy atom. The number of carbonyl (C=O) groups excluding carboxylic acids is 1. The number of phenolic OH excluding ortho intramolecular Hbond substituents is 1. The zero-order chi connectivity index (χ0) is 26.1. The van der Waals surface area contributed by atoms with Crippen LogP contribution < -0.4 is 15.8 Å². The molecule has 2 aromatic heterocycles. The number of aryl methyl sites for hydroxylation is 2. The van der Waals surface area contributed by atoms with Crippen LogP contribution in [0, 0.1) is 13.8 Å². The molecule has 5 aromatic rings. The summed E-state index contributed by atoms with van der Waals surface area (Å²) in [6.07, 6.45) is 1.56. The third kappa shape index (κ3) is 4.54. The predicted molar refractivity (Wildman–Crippen MR) is 146 cm³/mol. The van der Waals surface area contributed by atoms with Gasteiger partial charge >= 0.3 is 0 Å². The number of amides is 1. The molecule has 0 aliphatic rings. The van der Waals surface area contributed by atoms with Crippen molar-refractivity contribution in [3.63, 3.8) is 0 Å². The molecule has 0 bridgehead atoms. The molecule has 0 aliphatic carbocycles. The van der Waals surface area contributed by atoms with Gasteiger partial charge in [0.1, 0.15) is 16.9 Å². The van der Waals surface area contributed by atoms with Crippen molar-refractivity contribution in [3.05, 3.63) is 82.9 Å². The molecule has 0 spiro atoms. The minimum Gasteiger partial charge on any atom is -0.504 e. The van der Waals surface area contributed by atoms with E-state index in [-0.39, 0.29) is 17.1 Å². The topological polar surface area (TPSA) is 128 Å². The molecule has 186 valence electrons. The summed E-state index contributed by atoms with van der Waals surface area (Å²) in [5.74, 6) is 0.0787. The Balaban J connectivity index is 1.64. The maximum Gasteiger partial charge on any atom is 0.261 e. The van der Waals surface area contributed by atoms with E-state index < -0.39 is 5.91 Å². The minimum absolute atomic E-state index is 0.0349. The van der Waals surface area contributed by atoms with E-state index in [1.807, 2.05) is 63.2 Å². The number of hydrogen-bond acceptors (Lipinski definition) is 7. The second kappa shape index (κ2) is 9.62. The summed E-state index contributed by atoms with van der Waals surface area (Å²) < 4.78 is 6.87. The van der Waals surface area contributed by atoms with Crippen molar-refractivity contribution >= 4 is 45.8 Å². The highest BCUT2D eigenvalue weighted by Gasteiger charge is 2.24. The van der Waals surface area contributed by atoms with Crippen LogP contribution in [0.5, 0.6) is 11.5 Å². The summed E-state index contributed by atoms with van der Waals surface area (Å²) in [6.45, 7) is 6.13. The van der Waals surface area contributed by atoms with E-state index in [2.05, 4.69) is 10.4 Å². The number of ether oxygens (including phenoxy) is 1. The van der Waals surface area contributed by atoms with Crippen LogP contribution >= 0.6 is 0 Å². The first-order valence-corrected chi connectivity index (χ1v) is 11.8. The lowest BCUT2D eigenvalue weighted by Gasteiger charge is -2.09. The average molecular weight is 495 g/mol. The molecule has 9 nitrogen and oxygen atoms in total. The monoisotopic (exact) mass is 494 g/mol. The van der Waals surface area contributed by atoms with E-state index in [0.29, 0.717) is 45.8 Å². The quantitative estimate of drug-likeness (QED) is 0.284. The fraction of sp³-hybridized carbons (Fsp3) is 0.143. The van der Waals surface area contributed by atoms with Crippen LogP contribution in [0.2, 0.25) is 0 Å². The lowest BCUT2D eigenvalue weighted by atomic mass is 10.1. The van der Waals surface area contributed by atoms with Crippen molar-refractivity contribution in [3.8, 4) is 11.5 Å². The third-order valence-corrected chi connectivity index (χ3v) is 5.95. The molecule has 0 saturated heterocycles. The van der Waals surface area contributed by atoms with Gasteiger partial charge in [0.25, 0.3) is 5.91 Å². The first-order chi connectivity index (χ1) is 17.9. The highest BCUT2D eigenvalue weighted by Crippen LogP contribution is 2.30. The fourth-order valence-corrected chi connectivity index (χ4v) is 4.05. The fourth-order valence-electron chi connectivity index (χ4n) is 4.05. The van der Waals surface area contributed by atoms with Crippen LogP contribution in [0.3, 0.4) is 0 Å². The van der Waals surface area contributed by atoms with Crippen molar-refractivity contribution in [1.82, 2.24) is 14.6 Å². The molecule has 2 heterocycles. The minimum atomic E-state index is -0.405. The lowest BCUT2D eigenvalue weighted by Crippen LogP contribution is -2.15. The molecule has 9 heteroatoms. The van der Waals surface area contributed by atoms with Crippen molar-refractivity contribution in [1.29, 1.82) is 0 Å². The number of aromatic nitrogens is 3. The summed E-state index contributed by atoms with van der Waals surface area (Å²) in [7, 11) is 0. The SMILES string of the molecule is CCOc1cc(/C=N\n2c(N)c(C(=O)Nc3cc(C)ccc3C)c3nc4ccccc4nc32)ccc1O. The number of nitrogens with two attached hydrogens (primary N) is 1. The van der Waals surface area contributed by atoms with E-state index >= 15 is 0 Å². The van der Waals surface area contributed by atoms with Gasteiger partial charge in [0.15, 0.2) is 17.1 Å². The number of phenols is 1. The van der Waals surface area contributed by atoms with Crippen LogP contribution in [-0.4, -0.2) is 38.5 Å². The van der Waals surface area contributed by atoms with Crippen LogP contribution in [0.1, 0.15) is 34.0 Å². The first kappa shape index (κ1) is 23.8. The predicted octanol–water partition coefficient (Wildman–Crippen LogP) is 5.02. The Labute approximate surface area is 213 Å². The van der Waals surface area contributed by atoms with Crippen LogP contribution in [0.15, 0.2) is 65.8 Å². The van der Waals surface area contributed by atoms with Gasteiger partial charge in [0.05, 0.1) is 23.9 Å². The second-order valence-electron chi connectivity index (χ2n) is 8.63. The molecule has 1 amide bonds. The summed E-state index contributed by atoms with van der Waals surface area (Å²) in [4.78, 5) is 23.0. The van der Waals surface area contributed by atoms with Crippen molar-refractivity contribution in [2.24, 2.45) is 5.10 Å². The lowest BCUT2D eigenvalue weighted by molar-refractivity contribution is 0.102. The van der Waals surface area contributed by atoms with E-state index in [4.69, 9.17) is 20.4 Å². The van der Waals surface area contributed by atoms with Gasteiger partial charge in [-0.1, -0.05) is 24.3 Å². The molecule has 5 rings (SSSR count). The van der Waals surface area contributed by atoms with Gasteiger partial charge < -0.3 is 20.9 Å². The van der Waals surface area contributed by atoms with Gasteiger partial charge in [0.2, 0.25) is 0 Å². The standard InChI is InChI=1S/C28H26N6O3/c1-4-37-23-14-18(11-12-22(23)35)15-30-34-26(29)24(28(36)33-21-13-16(2)9-10-17(21)3)25-27(34)32-20-8-6-5-7-19(20)31-25/h5-15,35H,4,29H2,1-3H3,(H,33,36)/b30-15-. The molecule has 0 atom stereocenters. The van der Waals surface area contributed by atoms with Crippen molar-refractivity contribution in [2.75, 3.05) is 17.7 Å². The number of rotatable bonds is 6. The number of nitrogens with one attached hydrogen (secondary N) is 1. The molecular weight excluding hydrogens is 468 g/mol. The normalized spacial score (nSPS) is 11.4. The second-order valence-corrected chi connectivity index (χ2v) is 8.63. The summed E-state index contributed by atoms with van der Waals surface area (Å²) in [5.41, 5.74) is 12.0. The van der Waals surface area contributed by atoms with E-state index in [9.17, 15) is 9.90 Å². The van der Waals surface area contributed by atoms with Gasteiger partial charge in [-0.15, -0.1) is 0 Å². The van der Waals surface area contributed by atoms with Gasteiger partial charge in [-0.25, -0.2) is 9.97 Å². The molecule has 0 unspecified atom stereocenters. The molecular formula is C28H26N6O3. The summed E-state index contributed by atoms with van der Waals surface area (Å²) in [5, 5.41) is 17.5. The maximum absolute atomic E-state index is 13.5. The van der Waals surface area contributed by atoms with Crippen molar-refractivity contribution in [2.45, 2.75) is 20.8 Å². The highest BCUT2D eigenvalue weighted by atomic mass is 16.5. The number of aromatic hydroxyl groups is 1. The highest BCUT2D eigenvalue weighted by molar-refractivity contribution is 6.16. The Hall–Kier alpha value is -4.92. The van der Waals surface area contributed by atoms with Crippen molar-refractivity contribution < 1.29 is 14.6 Å². The van der Waals surface area contributed by atoms with Crippen LogP contribution in [-0.2, 0) is 0 Å². The molecule has 37 heavy (non-hydrogen) atoms. The van der Waals surface area contributed by atoms with E-state index in [1.165, 1.54) is 10.7 Å². The molecule has 0 aliphatic heterocycles. The average Bonchev–Trinajstić information content (AvgIpc) is 3.15. The van der Waals surface area contributed by atoms with E-state index in [1.54, 1.807) is 18.3 Å². The summed E-state index contributed by atoms with van der Waals surface area (Å²) >= 11 is 0. The van der Waals surface area contributed by atoms with Crippen LogP contribution in [0.4, 0.5) is 11.5 Å². The third-order valence-electron chi connectivity index (χ3n) is 5.95. The Morgan fingerprint density at radius 1 is 1.11 bits per heavy atom. The number of carbonyl (C=O) groups is 1. The molecule has 0 radical (unpaired) electrons.